The van der Waals surface area contributed by atoms with Gasteiger partial charge in [0.1, 0.15) is 5.82 Å². The average Bonchev–Trinajstić information content (AvgIpc) is 2.32. The summed E-state index contributed by atoms with van der Waals surface area (Å²) in [5, 5.41) is 0. The molecule has 0 fully saturated rings. The van der Waals surface area contributed by atoms with E-state index in [4.69, 9.17) is 10.5 Å². The highest BCUT2D eigenvalue weighted by atomic mass is 32.2. The Labute approximate surface area is 106 Å². The minimum Gasteiger partial charge on any atom is -0.396 e. The molecular weight excluding hydrogens is 259 g/mol. The van der Waals surface area contributed by atoms with Crippen molar-refractivity contribution in [1.82, 2.24) is 4.72 Å². The van der Waals surface area contributed by atoms with Crippen molar-refractivity contribution in [2.45, 2.75) is 18.2 Å². The zero-order valence-electron chi connectivity index (χ0n) is 10.1. The molecule has 0 amide bonds. The minimum atomic E-state index is -3.64. The van der Waals surface area contributed by atoms with Crippen LogP contribution in [-0.4, -0.2) is 28.2 Å². The summed E-state index contributed by atoms with van der Waals surface area (Å²) in [5.74, 6) is -0.634. The molecule has 1 rings (SSSR count). The van der Waals surface area contributed by atoms with Crippen LogP contribution in [0.5, 0.6) is 0 Å². The Hall–Kier alpha value is -1.18. The molecule has 0 unspecified atom stereocenters. The van der Waals surface area contributed by atoms with Gasteiger partial charge in [-0.25, -0.2) is 17.5 Å². The molecular formula is C11H17FN2O3S. The summed E-state index contributed by atoms with van der Waals surface area (Å²) in [5.41, 5.74) is 5.14. The standard InChI is InChI=1S/C11H17FN2O3S/c1-2-17-7-3-6-14-18(15,16)9-4-5-10(12)11(13)8-9/h4-5,8,14H,2-3,6-7,13H2,1H3. The van der Waals surface area contributed by atoms with Gasteiger partial charge in [-0.1, -0.05) is 0 Å². The molecule has 1 aromatic rings. The molecule has 18 heavy (non-hydrogen) atoms. The summed E-state index contributed by atoms with van der Waals surface area (Å²) in [6, 6.07) is 3.31. The van der Waals surface area contributed by atoms with E-state index in [1.165, 1.54) is 6.07 Å². The molecule has 102 valence electrons. The van der Waals surface area contributed by atoms with Gasteiger partial charge in [0, 0.05) is 19.8 Å². The van der Waals surface area contributed by atoms with Crippen LogP contribution in [-0.2, 0) is 14.8 Å². The maximum absolute atomic E-state index is 12.9. The Kier molecular flexibility index (Phi) is 5.52. The first-order chi connectivity index (χ1) is 8.47. The van der Waals surface area contributed by atoms with Gasteiger partial charge in [-0.3, -0.25) is 0 Å². The first-order valence-electron chi connectivity index (χ1n) is 5.60. The van der Waals surface area contributed by atoms with Gasteiger partial charge in [0.25, 0.3) is 0 Å². The maximum Gasteiger partial charge on any atom is 0.240 e. The number of rotatable bonds is 7. The second-order valence-electron chi connectivity index (χ2n) is 3.63. The highest BCUT2D eigenvalue weighted by Crippen LogP contribution is 2.16. The topological polar surface area (TPSA) is 81.4 Å². The second kappa shape index (κ2) is 6.67. The largest absolute Gasteiger partial charge is 0.396 e. The molecule has 1 aromatic carbocycles. The Bertz CT molecular complexity index is 491. The number of nitrogens with two attached hydrogens (primary N) is 1. The lowest BCUT2D eigenvalue weighted by atomic mass is 10.3. The number of anilines is 1. The van der Waals surface area contributed by atoms with E-state index in [1.54, 1.807) is 0 Å². The Morgan fingerprint density at radius 3 is 2.78 bits per heavy atom. The van der Waals surface area contributed by atoms with Gasteiger partial charge in [0.15, 0.2) is 0 Å². The molecule has 0 aliphatic rings. The van der Waals surface area contributed by atoms with E-state index in [0.717, 1.165) is 12.1 Å². The van der Waals surface area contributed by atoms with Crippen LogP contribution in [0.15, 0.2) is 23.1 Å². The van der Waals surface area contributed by atoms with E-state index in [0.29, 0.717) is 19.6 Å². The van der Waals surface area contributed by atoms with Crippen LogP contribution in [0.25, 0.3) is 0 Å². The number of benzene rings is 1. The van der Waals surface area contributed by atoms with Crippen LogP contribution in [0, 0.1) is 5.82 Å². The molecule has 5 nitrogen and oxygen atoms in total. The van der Waals surface area contributed by atoms with Gasteiger partial charge in [0.05, 0.1) is 10.6 Å². The van der Waals surface area contributed by atoms with Gasteiger partial charge in [-0.2, -0.15) is 0 Å². The van der Waals surface area contributed by atoms with Gasteiger partial charge < -0.3 is 10.5 Å². The summed E-state index contributed by atoms with van der Waals surface area (Å²) in [7, 11) is -3.64. The predicted octanol–water partition coefficient (Wildman–Crippen LogP) is 1.11. The van der Waals surface area contributed by atoms with Crippen molar-refractivity contribution in [1.29, 1.82) is 0 Å². The quantitative estimate of drug-likeness (QED) is 0.577. The highest BCUT2D eigenvalue weighted by molar-refractivity contribution is 7.89. The Morgan fingerprint density at radius 1 is 1.44 bits per heavy atom. The van der Waals surface area contributed by atoms with Gasteiger partial charge in [-0.05, 0) is 31.5 Å². The molecule has 0 saturated heterocycles. The third kappa shape index (κ3) is 4.25. The van der Waals surface area contributed by atoms with Crippen molar-refractivity contribution in [3.8, 4) is 0 Å². The number of sulfonamides is 1. The summed E-state index contributed by atoms with van der Waals surface area (Å²) in [6.07, 6.45) is 0.573. The molecule has 0 spiro atoms. The van der Waals surface area contributed by atoms with E-state index in [2.05, 4.69) is 4.72 Å². The van der Waals surface area contributed by atoms with Crippen molar-refractivity contribution in [2.75, 3.05) is 25.5 Å². The number of hydrogen-bond donors (Lipinski definition) is 2. The zero-order chi connectivity index (χ0) is 13.6. The average molecular weight is 276 g/mol. The van der Waals surface area contributed by atoms with E-state index in [9.17, 15) is 12.8 Å². The summed E-state index contributed by atoms with van der Waals surface area (Å²) in [6.45, 7) is 3.22. The van der Waals surface area contributed by atoms with Crippen LogP contribution in [0.2, 0.25) is 0 Å². The molecule has 0 aromatic heterocycles. The number of nitrogens with one attached hydrogen (secondary N) is 1. The number of halogens is 1. The van der Waals surface area contributed by atoms with Gasteiger partial charge in [-0.15, -0.1) is 0 Å². The lowest BCUT2D eigenvalue weighted by Gasteiger charge is -2.07. The number of ether oxygens (including phenoxy) is 1. The highest BCUT2D eigenvalue weighted by Gasteiger charge is 2.14. The summed E-state index contributed by atoms with van der Waals surface area (Å²) in [4.78, 5) is -0.0437. The van der Waals surface area contributed by atoms with Crippen LogP contribution in [0.1, 0.15) is 13.3 Å². The molecule has 7 heteroatoms. The van der Waals surface area contributed by atoms with Gasteiger partial charge in [0.2, 0.25) is 10.0 Å². The first kappa shape index (κ1) is 14.9. The molecule has 3 N–H and O–H groups in total. The van der Waals surface area contributed by atoms with Crippen molar-refractivity contribution in [2.24, 2.45) is 0 Å². The third-order valence-electron chi connectivity index (χ3n) is 2.24. The lowest BCUT2D eigenvalue weighted by molar-refractivity contribution is 0.146. The molecule has 0 bridgehead atoms. The van der Waals surface area contributed by atoms with E-state index in [1.807, 2.05) is 6.92 Å². The fraction of sp³-hybridized carbons (Fsp3) is 0.455. The van der Waals surface area contributed by atoms with Crippen LogP contribution < -0.4 is 10.5 Å². The van der Waals surface area contributed by atoms with Gasteiger partial charge >= 0.3 is 0 Å². The van der Waals surface area contributed by atoms with Crippen LogP contribution in [0.3, 0.4) is 0 Å². The molecule has 0 saturated carbocycles. The van der Waals surface area contributed by atoms with E-state index in [-0.39, 0.29) is 17.1 Å². The number of hydrogen-bond acceptors (Lipinski definition) is 4. The van der Waals surface area contributed by atoms with Crippen molar-refractivity contribution < 1.29 is 17.5 Å². The van der Waals surface area contributed by atoms with Crippen molar-refractivity contribution in [3.63, 3.8) is 0 Å². The molecule has 0 aliphatic carbocycles. The van der Waals surface area contributed by atoms with E-state index >= 15 is 0 Å². The number of nitrogen functional groups attached to an aromatic ring is 1. The normalized spacial score (nSPS) is 11.7. The second-order valence-corrected chi connectivity index (χ2v) is 5.40. The van der Waals surface area contributed by atoms with Crippen LogP contribution >= 0.6 is 0 Å². The molecule has 0 atom stereocenters. The first-order valence-corrected chi connectivity index (χ1v) is 7.08. The van der Waals surface area contributed by atoms with Crippen molar-refractivity contribution >= 4 is 15.7 Å². The lowest BCUT2D eigenvalue weighted by Crippen LogP contribution is -2.25. The molecule has 0 radical (unpaired) electrons. The third-order valence-corrected chi connectivity index (χ3v) is 3.70. The van der Waals surface area contributed by atoms with Crippen LogP contribution in [0.4, 0.5) is 10.1 Å². The monoisotopic (exact) mass is 276 g/mol. The predicted molar refractivity (Wildman–Crippen MR) is 67.1 cm³/mol. The maximum atomic E-state index is 12.9. The Balaban J connectivity index is 2.60. The molecule has 0 aliphatic heterocycles. The fourth-order valence-corrected chi connectivity index (χ4v) is 2.41. The minimum absolute atomic E-state index is 0.0437. The summed E-state index contributed by atoms with van der Waals surface area (Å²) < 4.78 is 44.0. The summed E-state index contributed by atoms with van der Waals surface area (Å²) >= 11 is 0. The SMILES string of the molecule is CCOCCCNS(=O)(=O)c1ccc(F)c(N)c1. The Morgan fingerprint density at radius 2 is 2.17 bits per heavy atom. The smallest absolute Gasteiger partial charge is 0.240 e. The van der Waals surface area contributed by atoms with Crippen molar-refractivity contribution in [3.05, 3.63) is 24.0 Å². The van der Waals surface area contributed by atoms with E-state index < -0.39 is 15.8 Å². The fourth-order valence-electron chi connectivity index (χ4n) is 1.30. The molecule has 0 heterocycles. The zero-order valence-corrected chi connectivity index (χ0v) is 11.0.